The fourth-order valence-corrected chi connectivity index (χ4v) is 4.41. The van der Waals surface area contributed by atoms with Crippen molar-refractivity contribution < 1.29 is 57.9 Å². The number of pyridine rings is 1. The molecule has 3 aromatic rings. The van der Waals surface area contributed by atoms with Crippen LogP contribution in [-0.2, 0) is 11.8 Å². The summed E-state index contributed by atoms with van der Waals surface area (Å²) in [6.07, 6.45) is -18.4. The molecule has 2 amide bonds. The van der Waals surface area contributed by atoms with Gasteiger partial charge in [-0.25, -0.2) is 8.78 Å². The van der Waals surface area contributed by atoms with Crippen LogP contribution in [0.4, 0.5) is 59.7 Å². The number of nitriles is 1. The summed E-state index contributed by atoms with van der Waals surface area (Å²) in [5.74, 6) is -4.11. The van der Waals surface area contributed by atoms with Gasteiger partial charge in [-0.1, -0.05) is 12.1 Å². The van der Waals surface area contributed by atoms with Crippen molar-refractivity contribution in [1.29, 1.82) is 5.26 Å². The Bertz CT molecular complexity index is 1590. The molecule has 0 saturated carbocycles. The van der Waals surface area contributed by atoms with Crippen molar-refractivity contribution in [2.45, 2.75) is 30.6 Å². The third kappa shape index (κ3) is 6.61. The van der Waals surface area contributed by atoms with E-state index in [4.69, 9.17) is 5.26 Å². The summed E-state index contributed by atoms with van der Waals surface area (Å²) in [6.45, 7) is -0.428. The predicted octanol–water partition coefficient (Wildman–Crippen LogP) is 8.10. The van der Waals surface area contributed by atoms with Gasteiger partial charge in [0.2, 0.25) is 0 Å². The molecule has 3 rings (SSSR count). The molecule has 0 aliphatic heterocycles. The topological polar surface area (TPSA) is 86.1 Å². The first-order valence-electron chi connectivity index (χ1n) is 11.7. The Kier molecular flexibility index (Phi) is 9.63. The first kappa shape index (κ1) is 34.2. The zero-order chi connectivity index (χ0) is 33.3. The van der Waals surface area contributed by atoms with E-state index in [1.807, 2.05) is 0 Å². The molecule has 0 saturated heterocycles. The van der Waals surface area contributed by atoms with Crippen LogP contribution in [0.5, 0.6) is 0 Å². The number of nitrogens with zero attached hydrogens (tertiary/aromatic N) is 3. The van der Waals surface area contributed by atoms with Crippen LogP contribution in [-0.4, -0.2) is 35.7 Å². The lowest BCUT2D eigenvalue weighted by molar-refractivity contribution is -0.348. The second-order valence-electron chi connectivity index (χ2n) is 8.71. The van der Waals surface area contributed by atoms with Gasteiger partial charge in [0.15, 0.2) is 5.82 Å². The van der Waals surface area contributed by atoms with Crippen LogP contribution in [0.15, 0.2) is 59.2 Å². The predicted molar refractivity (Wildman–Crippen MR) is 135 cm³/mol. The van der Waals surface area contributed by atoms with E-state index in [9.17, 15) is 53.5 Å². The zero-order valence-electron chi connectivity index (χ0n) is 21.3. The molecule has 0 aliphatic carbocycles. The van der Waals surface area contributed by atoms with Gasteiger partial charge < -0.3 is 10.2 Å². The molecule has 0 aliphatic rings. The Hall–Kier alpha value is -4.27. The molecular formula is C26H14BrF11N4O2. The lowest BCUT2D eigenvalue weighted by Gasteiger charge is -2.31. The van der Waals surface area contributed by atoms with Crippen molar-refractivity contribution >= 4 is 39.1 Å². The number of hydrogen-bond acceptors (Lipinski definition) is 4. The number of nitrogens with one attached hydrogen (secondary N) is 1. The van der Waals surface area contributed by atoms with Gasteiger partial charge in [0.1, 0.15) is 5.69 Å². The molecular weight excluding hydrogens is 689 g/mol. The molecule has 0 radical (unpaired) electrons. The summed E-state index contributed by atoms with van der Waals surface area (Å²) in [7, 11) is 0. The van der Waals surface area contributed by atoms with Crippen LogP contribution in [0.2, 0.25) is 0 Å². The van der Waals surface area contributed by atoms with Crippen molar-refractivity contribution in [1.82, 2.24) is 4.98 Å². The van der Waals surface area contributed by atoms with E-state index < -0.39 is 87.0 Å². The normalized spacial score (nSPS) is 12.4. The molecule has 1 heterocycles. The lowest BCUT2D eigenvalue weighted by Crippen LogP contribution is -2.50. The van der Waals surface area contributed by atoms with Gasteiger partial charge in [0.25, 0.3) is 11.8 Å². The minimum atomic E-state index is -6.74. The van der Waals surface area contributed by atoms with Crippen LogP contribution in [0.3, 0.4) is 0 Å². The van der Waals surface area contributed by atoms with E-state index in [1.165, 1.54) is 24.4 Å². The van der Waals surface area contributed by atoms with Gasteiger partial charge in [-0.15, -0.1) is 0 Å². The second-order valence-corrected chi connectivity index (χ2v) is 9.56. The van der Waals surface area contributed by atoms with Gasteiger partial charge in [0.05, 0.1) is 35.0 Å². The molecule has 0 fully saturated rings. The first-order chi connectivity index (χ1) is 20.3. The quantitative estimate of drug-likeness (QED) is 0.252. The van der Waals surface area contributed by atoms with Crippen molar-refractivity contribution in [3.05, 3.63) is 87.4 Å². The fourth-order valence-electron chi connectivity index (χ4n) is 3.85. The maximum absolute atomic E-state index is 15.6. The van der Waals surface area contributed by atoms with Crippen molar-refractivity contribution in [3.8, 4) is 6.07 Å². The number of anilines is 2. The highest BCUT2D eigenvalue weighted by molar-refractivity contribution is 9.10. The SMILES string of the molecule is N#CCCN(C(=O)c1ccccn1)c1cccc(C(=O)Nc2c(Br)cc(C(F)(C(F)(F)F)C(F)(F)F)cc2C(F)(F)F)c1F. The number of hydrogen-bond donors (Lipinski definition) is 1. The van der Waals surface area contributed by atoms with Gasteiger partial charge in [0, 0.05) is 22.8 Å². The summed E-state index contributed by atoms with van der Waals surface area (Å²) < 4.78 is 150. The van der Waals surface area contributed by atoms with E-state index in [0.29, 0.717) is 0 Å². The second kappa shape index (κ2) is 12.4. The Morgan fingerprint density at radius 1 is 0.932 bits per heavy atom. The van der Waals surface area contributed by atoms with Crippen molar-refractivity contribution in [2.24, 2.45) is 0 Å². The Morgan fingerprint density at radius 3 is 2.09 bits per heavy atom. The molecule has 1 aromatic heterocycles. The lowest BCUT2D eigenvalue weighted by atomic mass is 9.92. The van der Waals surface area contributed by atoms with E-state index in [1.54, 1.807) is 11.4 Å². The largest absolute Gasteiger partial charge is 0.435 e. The molecule has 234 valence electrons. The monoisotopic (exact) mass is 702 g/mol. The Morgan fingerprint density at radius 2 is 1.57 bits per heavy atom. The van der Waals surface area contributed by atoms with Crippen molar-refractivity contribution in [3.63, 3.8) is 0 Å². The fraction of sp³-hybridized carbons (Fsp3) is 0.231. The summed E-state index contributed by atoms with van der Waals surface area (Å²) in [4.78, 5) is 30.5. The molecule has 0 unspecified atom stereocenters. The average Bonchev–Trinajstić information content (AvgIpc) is 2.92. The number of carbonyl (C=O) groups is 2. The van der Waals surface area contributed by atoms with Crippen LogP contribution in [0.1, 0.15) is 38.4 Å². The number of benzene rings is 2. The highest BCUT2D eigenvalue weighted by atomic mass is 79.9. The van der Waals surface area contributed by atoms with Gasteiger partial charge in [-0.2, -0.15) is 44.8 Å². The molecule has 44 heavy (non-hydrogen) atoms. The summed E-state index contributed by atoms with van der Waals surface area (Å²) in [6, 6.07) is 7.57. The Balaban J connectivity index is 2.12. The number of carbonyl (C=O) groups excluding carboxylic acids is 2. The smallest absolute Gasteiger partial charge is 0.320 e. The summed E-state index contributed by atoms with van der Waals surface area (Å²) >= 11 is 2.35. The standard InChI is InChI=1S/C26H14BrF11N4O2/c27-16-12-13(23(29,25(33,34)35)26(36,37)38)11-15(24(30,31)32)20(16)41-21(43)14-5-3-7-18(19(14)28)42(10-4-8-39)22(44)17-6-1-2-9-40-17/h1-3,5-7,9,11-12H,4,10H2,(H,41,43). The van der Waals surface area contributed by atoms with E-state index in [-0.39, 0.29) is 18.2 Å². The highest BCUT2D eigenvalue weighted by Gasteiger charge is 2.73. The molecule has 18 heteroatoms. The Labute approximate surface area is 248 Å². The molecule has 6 nitrogen and oxygen atoms in total. The van der Waals surface area contributed by atoms with E-state index in [0.717, 1.165) is 23.1 Å². The summed E-state index contributed by atoms with van der Waals surface area (Å²) in [5, 5.41) is 10.5. The molecule has 0 atom stereocenters. The van der Waals surface area contributed by atoms with Crippen LogP contribution < -0.4 is 10.2 Å². The number of alkyl halides is 10. The maximum atomic E-state index is 15.6. The highest BCUT2D eigenvalue weighted by Crippen LogP contribution is 2.55. The average molecular weight is 703 g/mol. The van der Waals surface area contributed by atoms with E-state index in [2.05, 4.69) is 20.9 Å². The van der Waals surface area contributed by atoms with Crippen LogP contribution in [0.25, 0.3) is 0 Å². The third-order valence-electron chi connectivity index (χ3n) is 5.90. The van der Waals surface area contributed by atoms with Gasteiger partial charge in [-0.3, -0.25) is 14.6 Å². The van der Waals surface area contributed by atoms with Gasteiger partial charge >= 0.3 is 24.2 Å². The molecule has 0 spiro atoms. The van der Waals surface area contributed by atoms with E-state index >= 15 is 4.39 Å². The minimum absolute atomic E-state index is 0.208. The number of halogens is 12. The number of rotatable bonds is 7. The third-order valence-corrected chi connectivity index (χ3v) is 6.53. The molecule has 0 bridgehead atoms. The van der Waals surface area contributed by atoms with Gasteiger partial charge in [-0.05, 0) is 52.3 Å². The molecule has 2 aromatic carbocycles. The summed E-state index contributed by atoms with van der Waals surface area (Å²) in [5.41, 5.74) is -14.4. The molecule has 1 N–H and O–H groups in total. The first-order valence-corrected chi connectivity index (χ1v) is 12.5. The van der Waals surface area contributed by atoms with Crippen molar-refractivity contribution in [2.75, 3.05) is 16.8 Å². The van der Waals surface area contributed by atoms with Crippen LogP contribution in [0, 0.1) is 17.1 Å². The number of amides is 2. The number of aromatic nitrogens is 1. The zero-order valence-corrected chi connectivity index (χ0v) is 22.9. The maximum Gasteiger partial charge on any atom is 0.435 e. The minimum Gasteiger partial charge on any atom is -0.320 e. The van der Waals surface area contributed by atoms with Crippen LogP contribution >= 0.6 is 15.9 Å².